The first kappa shape index (κ1) is 56.4. The molecule has 0 aromatic carbocycles. The summed E-state index contributed by atoms with van der Waals surface area (Å²) < 4.78 is 24.5. The summed E-state index contributed by atoms with van der Waals surface area (Å²) in [5.41, 5.74) is 2.37. The molecule has 4 heterocycles. The summed E-state index contributed by atoms with van der Waals surface area (Å²) >= 11 is 1.69. The van der Waals surface area contributed by atoms with Crippen molar-refractivity contribution in [1.82, 2.24) is 15.2 Å². The molecule has 0 radical (unpaired) electrons. The van der Waals surface area contributed by atoms with Crippen molar-refractivity contribution in [3.05, 3.63) is 53.4 Å². The van der Waals surface area contributed by atoms with E-state index >= 15 is 0 Å². The van der Waals surface area contributed by atoms with Crippen molar-refractivity contribution in [1.29, 1.82) is 0 Å². The Morgan fingerprint density at radius 2 is 1.71 bits per heavy atom. The molecule has 4 N–H and O–H groups in total. The SMILES string of the molecule is CO[C@H]1C[C@@H](C)C/C(C)=C/[C@@H](CCCSCCNC(=O)Cc2ccccn2)C(=O)C[C@H](O)[C@@H](C)[C@H](/C(C)=C/[C@@H]2CC[C@@H](O)[C@H](C)C2)OC(=O)[C@@H]2CCCCN2C(=O)C(=O)[C@]2(O)O[C@H]1[C@@H](OC)C[C@H]2C. The number of allylic oxidation sites excluding steroid dienone is 3. The fourth-order valence-electron chi connectivity index (χ4n) is 10.8. The molecular weight excluding hydrogens is 903 g/mol. The van der Waals surface area contributed by atoms with Crippen molar-refractivity contribution in [2.24, 2.45) is 35.5 Å². The highest BCUT2D eigenvalue weighted by molar-refractivity contribution is 7.99. The molecule has 1 aliphatic carbocycles. The van der Waals surface area contributed by atoms with E-state index in [1.54, 1.807) is 31.8 Å². The molecule has 4 aliphatic rings. The number of aliphatic hydroxyl groups excluding tert-OH is 2. The Hall–Kier alpha value is -3.51. The van der Waals surface area contributed by atoms with Gasteiger partial charge in [0.15, 0.2) is 0 Å². The van der Waals surface area contributed by atoms with Gasteiger partial charge in [-0.2, -0.15) is 11.8 Å². The normalized spacial score (nSPS) is 35.8. The van der Waals surface area contributed by atoms with Crippen LogP contribution in [0.1, 0.15) is 124 Å². The summed E-state index contributed by atoms with van der Waals surface area (Å²) in [5, 5.41) is 37.6. The molecule has 3 fully saturated rings. The van der Waals surface area contributed by atoms with Crippen molar-refractivity contribution in [3.63, 3.8) is 0 Å². The quantitative estimate of drug-likeness (QED) is 0.0779. The van der Waals surface area contributed by atoms with Crippen molar-refractivity contribution in [2.75, 3.05) is 38.8 Å². The highest BCUT2D eigenvalue weighted by Crippen LogP contribution is 2.39. The number of nitrogens with zero attached hydrogens (tertiary/aromatic N) is 2. The van der Waals surface area contributed by atoms with Gasteiger partial charge in [0.1, 0.15) is 24.0 Å². The van der Waals surface area contributed by atoms with E-state index in [0.717, 1.165) is 24.2 Å². The number of hydrogen-bond donors (Lipinski definition) is 4. The van der Waals surface area contributed by atoms with Crippen molar-refractivity contribution in [3.8, 4) is 0 Å². The maximum Gasteiger partial charge on any atom is 0.329 e. The summed E-state index contributed by atoms with van der Waals surface area (Å²) in [6.45, 7) is 11.9. The molecule has 0 unspecified atom stereocenters. The number of rotatable bonds is 13. The van der Waals surface area contributed by atoms with Gasteiger partial charge in [0.2, 0.25) is 11.7 Å². The number of hydrogen-bond acceptors (Lipinski definition) is 14. The predicted molar refractivity (Wildman–Crippen MR) is 264 cm³/mol. The summed E-state index contributed by atoms with van der Waals surface area (Å²) in [4.78, 5) is 75.5. The zero-order chi connectivity index (χ0) is 50.4. The minimum atomic E-state index is -2.53. The second-order valence-corrected chi connectivity index (χ2v) is 21.8. The summed E-state index contributed by atoms with van der Waals surface area (Å²) in [6.07, 6.45) is 6.94. The third-order valence-electron chi connectivity index (χ3n) is 15.0. The predicted octanol–water partition coefficient (Wildman–Crippen LogP) is 5.95. The molecule has 1 aromatic rings. The Balaban J connectivity index is 1.42. The molecular formula is C53H81N3O12S. The van der Waals surface area contributed by atoms with E-state index in [1.165, 1.54) is 19.1 Å². The van der Waals surface area contributed by atoms with Crippen LogP contribution in [0.2, 0.25) is 0 Å². The number of Topliss-reactive ketones (excluding diaryl/α,β-unsaturated/α-hetero) is 2. The van der Waals surface area contributed by atoms with Crippen LogP contribution in [0, 0.1) is 35.5 Å². The number of ether oxygens (including phenoxy) is 4. The molecule has 386 valence electrons. The van der Waals surface area contributed by atoms with Gasteiger partial charge in [0, 0.05) is 69.1 Å². The molecule has 0 spiro atoms. The van der Waals surface area contributed by atoms with Crippen LogP contribution in [0.3, 0.4) is 0 Å². The standard InChI is InChI=1S/C53H81N3O12S/c1-32-24-33(2)26-45(65-7)49-46(66-8)29-36(5)53(64,68-49)50(61)51(62)56-21-12-10-16-41(56)52(63)67-48(35(4)28-38-17-18-42(57)34(3)27-38)37(6)43(58)31-44(59)39(25-32)14-13-22-69-23-20-55-47(60)30-40-15-9-11-19-54-40/h9,11,15,19,25,28,33-34,36-39,41-43,45-46,48-49,57-58,64H,10,12-14,16-18,20-24,26-27,29-31H2,1-8H3,(H,55,60)/b32-25+,35-28+/t33-,34+,36+,37+,38+,39+,41-,42+,43-,45-,46-,48-,49+,53+/m0/s1. The van der Waals surface area contributed by atoms with Gasteiger partial charge < -0.3 is 44.5 Å². The van der Waals surface area contributed by atoms with E-state index in [2.05, 4.69) is 17.2 Å². The highest BCUT2D eigenvalue weighted by atomic mass is 32.2. The number of carbonyl (C=O) groups is 5. The molecule has 3 aliphatic heterocycles. The van der Waals surface area contributed by atoms with Crippen LogP contribution in [-0.2, 0) is 49.3 Å². The molecule has 69 heavy (non-hydrogen) atoms. The van der Waals surface area contributed by atoms with Gasteiger partial charge in [-0.15, -0.1) is 0 Å². The number of esters is 1. The molecule has 5 rings (SSSR count). The largest absolute Gasteiger partial charge is 0.456 e. The number of fused-ring (bicyclic) bond motifs is 3. The Bertz CT molecular complexity index is 1930. The molecule has 2 bridgehead atoms. The molecule has 15 nitrogen and oxygen atoms in total. The number of piperidine rings is 1. The molecule has 1 aromatic heterocycles. The number of nitrogens with one attached hydrogen (secondary N) is 1. The summed E-state index contributed by atoms with van der Waals surface area (Å²) in [7, 11) is 3.07. The fourth-order valence-corrected chi connectivity index (χ4v) is 11.6. The van der Waals surface area contributed by atoms with E-state index in [-0.39, 0.29) is 61.7 Å². The van der Waals surface area contributed by atoms with E-state index < -0.39 is 83.9 Å². The van der Waals surface area contributed by atoms with E-state index in [4.69, 9.17) is 18.9 Å². The van der Waals surface area contributed by atoms with Gasteiger partial charge >= 0.3 is 5.97 Å². The van der Waals surface area contributed by atoms with Gasteiger partial charge in [-0.25, -0.2) is 4.79 Å². The zero-order valence-corrected chi connectivity index (χ0v) is 43.1. The van der Waals surface area contributed by atoms with Crippen LogP contribution in [0.25, 0.3) is 0 Å². The zero-order valence-electron chi connectivity index (χ0n) is 42.3. The fraction of sp³-hybridized carbons (Fsp3) is 0.736. The smallest absolute Gasteiger partial charge is 0.329 e. The Labute approximate surface area is 414 Å². The lowest BCUT2D eigenvalue weighted by molar-refractivity contribution is -0.302. The number of carbonyl (C=O) groups excluding carboxylic acids is 5. The van der Waals surface area contributed by atoms with Crippen LogP contribution >= 0.6 is 11.8 Å². The van der Waals surface area contributed by atoms with Crippen LogP contribution in [-0.4, -0.2) is 142 Å². The summed E-state index contributed by atoms with van der Waals surface area (Å²) in [6, 6.07) is 4.33. The number of thioether (sulfide) groups is 1. The van der Waals surface area contributed by atoms with Crippen LogP contribution in [0.5, 0.6) is 0 Å². The van der Waals surface area contributed by atoms with Crippen LogP contribution in [0.4, 0.5) is 0 Å². The van der Waals surface area contributed by atoms with E-state index in [0.29, 0.717) is 68.5 Å². The molecule has 2 amide bonds. The first-order chi connectivity index (χ1) is 32.9. The number of pyridine rings is 1. The van der Waals surface area contributed by atoms with Crippen LogP contribution < -0.4 is 5.32 Å². The minimum Gasteiger partial charge on any atom is -0.456 e. The maximum absolute atomic E-state index is 14.5. The highest BCUT2D eigenvalue weighted by Gasteiger charge is 2.56. The number of aliphatic hydroxyl groups is 3. The first-order valence-corrected chi connectivity index (χ1v) is 26.5. The second kappa shape index (κ2) is 26.8. The molecule has 14 atom stereocenters. The number of methoxy groups -OCH3 is 2. The van der Waals surface area contributed by atoms with Gasteiger partial charge in [-0.3, -0.25) is 24.2 Å². The number of aromatic nitrogens is 1. The van der Waals surface area contributed by atoms with Crippen molar-refractivity contribution in [2.45, 2.75) is 173 Å². The van der Waals surface area contributed by atoms with E-state index in [9.17, 15) is 39.3 Å². The van der Waals surface area contributed by atoms with E-state index in [1.807, 2.05) is 51.1 Å². The summed E-state index contributed by atoms with van der Waals surface area (Å²) in [5.74, 6) is -6.20. The van der Waals surface area contributed by atoms with Crippen molar-refractivity contribution < 1.29 is 58.2 Å². The average Bonchev–Trinajstić information content (AvgIpc) is 3.32. The maximum atomic E-state index is 14.5. The Kier molecular flexibility index (Phi) is 21.9. The Morgan fingerprint density at radius 3 is 2.41 bits per heavy atom. The molecule has 1 saturated carbocycles. The third-order valence-corrected chi connectivity index (χ3v) is 16.0. The Morgan fingerprint density at radius 1 is 0.971 bits per heavy atom. The lowest BCUT2D eigenvalue weighted by atomic mass is 9.78. The number of ketones is 2. The second-order valence-electron chi connectivity index (χ2n) is 20.6. The van der Waals surface area contributed by atoms with Crippen LogP contribution in [0.15, 0.2) is 47.7 Å². The third kappa shape index (κ3) is 15.5. The lowest BCUT2D eigenvalue weighted by Crippen LogP contribution is -2.64. The number of amides is 2. The van der Waals surface area contributed by atoms with Crippen molar-refractivity contribution >= 4 is 41.1 Å². The van der Waals surface area contributed by atoms with Gasteiger partial charge in [-0.05, 0) is 126 Å². The molecule has 2 saturated heterocycles. The van der Waals surface area contributed by atoms with Gasteiger partial charge in [-0.1, -0.05) is 51.5 Å². The monoisotopic (exact) mass is 984 g/mol. The van der Waals surface area contributed by atoms with Gasteiger partial charge in [0.05, 0.1) is 30.8 Å². The molecule has 16 heteroatoms. The minimum absolute atomic E-state index is 0.0146. The topological polar surface area (TPSA) is 211 Å². The number of cyclic esters (lactones) is 1. The average molecular weight is 984 g/mol. The lowest BCUT2D eigenvalue weighted by Gasteiger charge is -2.47. The van der Waals surface area contributed by atoms with Gasteiger partial charge in [0.25, 0.3) is 11.7 Å². The first-order valence-electron chi connectivity index (χ1n) is 25.4.